The van der Waals surface area contributed by atoms with Gasteiger partial charge in [-0.2, -0.15) is 5.10 Å². The zero-order chi connectivity index (χ0) is 25.4. The largest absolute Gasteiger partial charge is 0.476 e. The van der Waals surface area contributed by atoms with Crippen molar-refractivity contribution in [3.63, 3.8) is 0 Å². The molecule has 0 bridgehead atoms. The summed E-state index contributed by atoms with van der Waals surface area (Å²) in [6.45, 7) is 5.33. The Morgan fingerprint density at radius 1 is 1.05 bits per heavy atom. The van der Waals surface area contributed by atoms with Gasteiger partial charge in [0.1, 0.15) is 11.9 Å². The van der Waals surface area contributed by atoms with E-state index >= 15 is 0 Å². The van der Waals surface area contributed by atoms with Crippen molar-refractivity contribution in [1.29, 1.82) is 0 Å². The number of rotatable bonds is 7. The van der Waals surface area contributed by atoms with Crippen molar-refractivity contribution in [2.45, 2.75) is 37.8 Å². The number of fused-ring (bicyclic) bond motifs is 1. The zero-order valence-electron chi connectivity index (χ0n) is 20.1. The van der Waals surface area contributed by atoms with Gasteiger partial charge in [-0.1, -0.05) is 24.3 Å². The van der Waals surface area contributed by atoms with E-state index < -0.39 is 12.0 Å². The Bertz CT molecular complexity index is 1410. The number of aromatic nitrogens is 4. The van der Waals surface area contributed by atoms with Gasteiger partial charge in [0.25, 0.3) is 5.92 Å². The molecule has 4 aromatic rings. The first-order chi connectivity index (χ1) is 17.9. The average Bonchev–Trinajstić information content (AvgIpc) is 3.43. The predicted molar refractivity (Wildman–Crippen MR) is 137 cm³/mol. The van der Waals surface area contributed by atoms with Crippen LogP contribution < -0.4 is 5.32 Å². The molecule has 2 aliphatic rings. The molecule has 0 atom stereocenters. The van der Waals surface area contributed by atoms with Gasteiger partial charge in [-0.05, 0) is 54.0 Å². The minimum absolute atomic E-state index is 0.232. The summed E-state index contributed by atoms with van der Waals surface area (Å²) in [4.78, 5) is 11.2. The average molecular weight is 501 g/mol. The van der Waals surface area contributed by atoms with Crippen molar-refractivity contribution in [3.8, 4) is 22.5 Å². The van der Waals surface area contributed by atoms with Crippen molar-refractivity contribution in [2.75, 3.05) is 11.9 Å². The number of nitrogens with zero attached hydrogens (tertiary/aromatic N) is 4. The smallest absolute Gasteiger partial charge is 0.255 e. The van der Waals surface area contributed by atoms with E-state index in [4.69, 9.17) is 9.72 Å². The topological polar surface area (TPSA) is 79.0 Å². The van der Waals surface area contributed by atoms with E-state index in [0.29, 0.717) is 24.1 Å². The molecule has 37 heavy (non-hydrogen) atoms. The van der Waals surface area contributed by atoms with E-state index in [-0.39, 0.29) is 12.8 Å². The van der Waals surface area contributed by atoms with Gasteiger partial charge >= 0.3 is 0 Å². The second-order valence-electron chi connectivity index (χ2n) is 9.51. The molecule has 1 fully saturated rings. The molecule has 0 amide bonds. The van der Waals surface area contributed by atoms with Gasteiger partial charge in [-0.15, -0.1) is 0 Å². The van der Waals surface area contributed by atoms with Gasteiger partial charge in [0.05, 0.1) is 6.20 Å². The maximum absolute atomic E-state index is 13.1. The molecule has 9 heteroatoms. The summed E-state index contributed by atoms with van der Waals surface area (Å²) < 4.78 is 31.9. The molecule has 1 aliphatic carbocycles. The van der Waals surface area contributed by atoms with Gasteiger partial charge in [-0.3, -0.25) is 5.10 Å². The molecule has 2 aromatic heterocycles. The first kappa shape index (κ1) is 23.1. The highest BCUT2D eigenvalue weighted by atomic mass is 19.3. The molecule has 7 nitrogen and oxygen atoms in total. The normalized spacial score (nSPS) is 16.5. The Balaban J connectivity index is 1.11. The van der Waals surface area contributed by atoms with Crippen molar-refractivity contribution in [1.82, 2.24) is 25.1 Å². The van der Waals surface area contributed by atoms with E-state index in [2.05, 4.69) is 39.2 Å². The van der Waals surface area contributed by atoms with Gasteiger partial charge in [-0.25, -0.2) is 18.7 Å². The molecule has 2 N–H and O–H groups in total. The van der Waals surface area contributed by atoms with Crippen LogP contribution in [0.3, 0.4) is 0 Å². The highest BCUT2D eigenvalue weighted by molar-refractivity contribution is 5.67. The summed E-state index contributed by atoms with van der Waals surface area (Å²) in [5, 5.41) is 10.2. The quantitative estimate of drug-likeness (QED) is 0.307. The Labute approximate surface area is 213 Å². The highest BCUT2D eigenvalue weighted by Gasteiger charge is 2.47. The van der Waals surface area contributed by atoms with Gasteiger partial charge < -0.3 is 15.0 Å². The number of alkyl halides is 2. The molecule has 0 unspecified atom stereocenters. The predicted octanol–water partition coefficient (Wildman–Crippen LogP) is 5.92. The van der Waals surface area contributed by atoms with Crippen molar-refractivity contribution < 1.29 is 13.5 Å². The fourth-order valence-corrected chi connectivity index (χ4v) is 4.73. The summed E-state index contributed by atoms with van der Waals surface area (Å²) in [7, 11) is 0. The first-order valence-corrected chi connectivity index (χ1v) is 12.2. The number of hydrogen-bond acceptors (Lipinski definition) is 6. The molecule has 1 saturated carbocycles. The number of benzene rings is 2. The van der Waals surface area contributed by atoms with Crippen LogP contribution in [0.25, 0.3) is 22.5 Å². The highest BCUT2D eigenvalue weighted by Crippen LogP contribution is 2.40. The maximum Gasteiger partial charge on any atom is 0.255 e. The summed E-state index contributed by atoms with van der Waals surface area (Å²) in [6.07, 6.45) is 5.29. The first-order valence-electron chi connectivity index (χ1n) is 12.2. The molecule has 0 radical (unpaired) electrons. The number of halogens is 2. The van der Waals surface area contributed by atoms with Crippen molar-refractivity contribution in [3.05, 3.63) is 90.7 Å². The second-order valence-corrected chi connectivity index (χ2v) is 9.51. The lowest BCUT2D eigenvalue weighted by molar-refractivity contribution is -0.159. The van der Waals surface area contributed by atoms with E-state index in [9.17, 15) is 8.78 Å². The van der Waals surface area contributed by atoms with Gasteiger partial charge in [0.15, 0.2) is 11.7 Å². The number of H-pyrrole nitrogens is 1. The molecular weight excluding hydrogens is 474 g/mol. The molecule has 188 valence electrons. The van der Waals surface area contributed by atoms with E-state index in [0.717, 1.165) is 40.9 Å². The SMILES string of the molecule is C=C(OC1CC(F)(F)C1)N1CCc2cc(-c3nccc(Nc4ccc(-c5cn[nH]c5)cc4)n3)ccc2C1. The number of nitrogens with one attached hydrogen (secondary N) is 2. The summed E-state index contributed by atoms with van der Waals surface area (Å²) >= 11 is 0. The van der Waals surface area contributed by atoms with Crippen LogP contribution in [0.4, 0.5) is 20.3 Å². The third kappa shape index (κ3) is 5.02. The van der Waals surface area contributed by atoms with Crippen LogP contribution in [0, 0.1) is 0 Å². The van der Waals surface area contributed by atoms with Crippen LogP contribution in [0.2, 0.25) is 0 Å². The van der Waals surface area contributed by atoms with Crippen LogP contribution in [-0.4, -0.2) is 43.6 Å². The molecule has 2 aromatic carbocycles. The second kappa shape index (κ2) is 9.31. The number of anilines is 2. The van der Waals surface area contributed by atoms with E-state index in [1.54, 1.807) is 12.4 Å². The van der Waals surface area contributed by atoms with Crippen LogP contribution >= 0.6 is 0 Å². The zero-order valence-corrected chi connectivity index (χ0v) is 20.1. The molecule has 1 aliphatic heterocycles. The lowest BCUT2D eigenvalue weighted by Gasteiger charge is -2.39. The molecule has 3 heterocycles. The number of aromatic amines is 1. The molecular formula is C28H26F2N6O. The van der Waals surface area contributed by atoms with Crippen LogP contribution in [0.15, 0.2) is 79.6 Å². The minimum Gasteiger partial charge on any atom is -0.476 e. The van der Waals surface area contributed by atoms with E-state index in [1.807, 2.05) is 47.5 Å². The van der Waals surface area contributed by atoms with Crippen LogP contribution in [0.1, 0.15) is 24.0 Å². The van der Waals surface area contributed by atoms with Gasteiger partial charge in [0, 0.05) is 55.1 Å². The standard InChI is InChI=1S/C28H26F2N6O/c1-18(37-25-13-28(29,30)14-25)36-11-9-20-12-21(2-3-22(20)17-36)27-31-10-8-26(35-27)34-24-6-4-19(5-7-24)23-15-32-33-16-23/h2-8,10,12,15-16,25H,1,9,11,13-14,17H2,(H,32,33)(H,31,34,35). The Hall–Kier alpha value is -4.27. The number of ether oxygens (including phenoxy) is 1. The molecule has 6 rings (SSSR count). The fraction of sp³-hybridized carbons (Fsp3) is 0.250. The third-order valence-corrected chi connectivity index (χ3v) is 6.83. The Morgan fingerprint density at radius 3 is 2.62 bits per heavy atom. The maximum atomic E-state index is 13.1. The monoisotopic (exact) mass is 500 g/mol. The summed E-state index contributed by atoms with van der Waals surface area (Å²) in [6, 6.07) is 16.1. The Morgan fingerprint density at radius 2 is 1.86 bits per heavy atom. The lowest BCUT2D eigenvalue weighted by Crippen LogP contribution is -2.43. The molecule has 0 spiro atoms. The summed E-state index contributed by atoms with van der Waals surface area (Å²) in [5.74, 6) is -0.783. The van der Waals surface area contributed by atoms with Crippen LogP contribution in [0.5, 0.6) is 0 Å². The van der Waals surface area contributed by atoms with Crippen molar-refractivity contribution in [2.24, 2.45) is 0 Å². The molecule has 0 saturated heterocycles. The van der Waals surface area contributed by atoms with Crippen LogP contribution in [-0.2, 0) is 17.7 Å². The Kier molecular flexibility index (Phi) is 5.82. The minimum atomic E-state index is -2.60. The summed E-state index contributed by atoms with van der Waals surface area (Å²) in [5.41, 5.74) is 6.36. The fourth-order valence-electron chi connectivity index (χ4n) is 4.73. The number of hydrogen-bond donors (Lipinski definition) is 2. The lowest BCUT2D eigenvalue weighted by atomic mass is 9.91. The van der Waals surface area contributed by atoms with E-state index in [1.165, 1.54) is 5.56 Å². The van der Waals surface area contributed by atoms with Crippen molar-refractivity contribution >= 4 is 11.5 Å². The third-order valence-electron chi connectivity index (χ3n) is 6.83. The van der Waals surface area contributed by atoms with Gasteiger partial charge in [0.2, 0.25) is 0 Å².